The van der Waals surface area contributed by atoms with Crippen LogP contribution in [0.4, 0.5) is 11.6 Å². The van der Waals surface area contributed by atoms with Gasteiger partial charge in [-0.25, -0.2) is 23.1 Å². The van der Waals surface area contributed by atoms with E-state index in [9.17, 15) is 18.0 Å². The molecule has 1 N–H and O–H groups in total. The molecule has 8 nitrogen and oxygen atoms in total. The van der Waals surface area contributed by atoms with E-state index < -0.39 is 10.0 Å². The molecule has 2 aliphatic carbocycles. The highest BCUT2D eigenvalue weighted by atomic mass is 32.2. The molecule has 29 heavy (non-hydrogen) atoms. The highest BCUT2D eigenvalue weighted by Crippen LogP contribution is 2.53. The Bertz CT molecular complexity index is 1130. The van der Waals surface area contributed by atoms with E-state index in [4.69, 9.17) is 0 Å². The minimum absolute atomic E-state index is 0.00705. The van der Waals surface area contributed by atoms with Gasteiger partial charge in [-0.3, -0.25) is 14.5 Å². The topological polar surface area (TPSA) is 109 Å². The Labute approximate surface area is 167 Å². The summed E-state index contributed by atoms with van der Waals surface area (Å²) in [6.45, 7) is 1.73. The van der Waals surface area contributed by atoms with Crippen LogP contribution in [0.1, 0.15) is 12.1 Å². The van der Waals surface area contributed by atoms with Crippen molar-refractivity contribution in [2.45, 2.75) is 18.2 Å². The van der Waals surface area contributed by atoms with Crippen molar-refractivity contribution in [3.05, 3.63) is 54.4 Å². The molecule has 5 rings (SSSR count). The van der Waals surface area contributed by atoms with Crippen LogP contribution in [0.5, 0.6) is 0 Å². The van der Waals surface area contributed by atoms with Crippen molar-refractivity contribution in [2.24, 2.45) is 23.7 Å². The molecule has 1 aliphatic heterocycles. The van der Waals surface area contributed by atoms with Gasteiger partial charge in [0.2, 0.25) is 17.8 Å². The summed E-state index contributed by atoms with van der Waals surface area (Å²) < 4.78 is 27.5. The number of anilines is 2. The molecule has 148 valence electrons. The van der Waals surface area contributed by atoms with Gasteiger partial charge in [0.15, 0.2) is 0 Å². The lowest BCUT2D eigenvalue weighted by atomic mass is 9.85. The van der Waals surface area contributed by atoms with Crippen molar-refractivity contribution in [1.29, 1.82) is 0 Å². The molecule has 0 radical (unpaired) electrons. The molecule has 1 saturated carbocycles. The quantitative estimate of drug-likeness (QED) is 0.609. The zero-order chi connectivity index (χ0) is 20.3. The smallest absolute Gasteiger partial charge is 0.264 e. The van der Waals surface area contributed by atoms with Crippen molar-refractivity contribution < 1.29 is 18.0 Å². The molecule has 1 aromatic heterocycles. The Kier molecular flexibility index (Phi) is 3.86. The average molecular weight is 410 g/mol. The highest BCUT2D eigenvalue weighted by molar-refractivity contribution is 7.92. The summed E-state index contributed by atoms with van der Waals surface area (Å²) in [6.07, 6.45) is 6.40. The summed E-state index contributed by atoms with van der Waals surface area (Å²) in [7, 11) is -3.89. The van der Waals surface area contributed by atoms with Crippen LogP contribution in [0.3, 0.4) is 0 Å². The van der Waals surface area contributed by atoms with Crippen molar-refractivity contribution in [3.8, 4) is 0 Å². The van der Waals surface area contributed by atoms with Gasteiger partial charge in [-0.05, 0) is 55.5 Å². The SMILES string of the molecule is Cc1ccnc(NS(=O)(=O)c2ccc(N3C(=O)[C@@H]4[C@H](C3=O)[C@H]3C=C[C@@H]4C3)cc2)n1. The van der Waals surface area contributed by atoms with E-state index in [-0.39, 0.29) is 46.3 Å². The van der Waals surface area contributed by atoms with Crippen LogP contribution >= 0.6 is 0 Å². The van der Waals surface area contributed by atoms with E-state index in [1.54, 1.807) is 13.0 Å². The van der Waals surface area contributed by atoms with Crippen LogP contribution in [0.15, 0.2) is 53.6 Å². The van der Waals surface area contributed by atoms with Crippen molar-refractivity contribution in [1.82, 2.24) is 9.97 Å². The number of aryl methyl sites for hydroxylation is 1. The lowest BCUT2D eigenvalue weighted by molar-refractivity contribution is -0.123. The Morgan fingerprint density at radius 2 is 1.62 bits per heavy atom. The zero-order valence-corrected chi connectivity index (χ0v) is 16.3. The summed E-state index contributed by atoms with van der Waals surface area (Å²) >= 11 is 0. The molecule has 2 fully saturated rings. The van der Waals surface area contributed by atoms with Gasteiger partial charge < -0.3 is 0 Å². The Hall–Kier alpha value is -3.07. The number of fused-ring (bicyclic) bond motifs is 5. The Morgan fingerprint density at radius 3 is 2.21 bits per heavy atom. The van der Waals surface area contributed by atoms with Gasteiger partial charge in [-0.1, -0.05) is 12.2 Å². The van der Waals surface area contributed by atoms with Crippen LogP contribution < -0.4 is 9.62 Å². The minimum Gasteiger partial charge on any atom is -0.274 e. The predicted octanol–water partition coefficient (Wildman–Crippen LogP) is 1.90. The predicted molar refractivity (Wildman–Crippen MR) is 104 cm³/mol. The number of aromatic nitrogens is 2. The molecule has 3 aliphatic rings. The number of hydrogen-bond donors (Lipinski definition) is 1. The van der Waals surface area contributed by atoms with E-state index in [1.807, 2.05) is 12.2 Å². The summed E-state index contributed by atoms with van der Waals surface area (Å²) in [6, 6.07) is 7.37. The van der Waals surface area contributed by atoms with Gasteiger partial charge in [-0.2, -0.15) is 0 Å². The number of allylic oxidation sites excluding steroid dienone is 2. The van der Waals surface area contributed by atoms with Crippen LogP contribution in [-0.2, 0) is 19.6 Å². The molecule has 4 atom stereocenters. The van der Waals surface area contributed by atoms with Gasteiger partial charge >= 0.3 is 0 Å². The first-order valence-corrected chi connectivity index (χ1v) is 10.8. The maximum Gasteiger partial charge on any atom is 0.264 e. The molecule has 2 bridgehead atoms. The normalized spacial score (nSPS) is 27.6. The molecular formula is C20H18N4O4S. The third-order valence-corrected chi connectivity index (χ3v) is 7.24. The number of nitrogens with zero attached hydrogens (tertiary/aromatic N) is 3. The molecule has 2 aromatic rings. The fourth-order valence-electron chi connectivity index (χ4n) is 4.61. The monoisotopic (exact) mass is 410 g/mol. The molecule has 2 amide bonds. The zero-order valence-electron chi connectivity index (χ0n) is 15.5. The first-order valence-electron chi connectivity index (χ1n) is 9.34. The van der Waals surface area contributed by atoms with Crippen molar-refractivity contribution in [3.63, 3.8) is 0 Å². The van der Waals surface area contributed by atoms with E-state index in [0.29, 0.717) is 11.4 Å². The molecule has 0 spiro atoms. The number of hydrogen-bond acceptors (Lipinski definition) is 6. The summed E-state index contributed by atoms with van der Waals surface area (Å²) in [5, 5.41) is 0. The van der Waals surface area contributed by atoms with Crippen molar-refractivity contribution >= 4 is 33.5 Å². The number of imide groups is 1. The summed E-state index contributed by atoms with van der Waals surface area (Å²) in [5.74, 6) is -0.733. The summed E-state index contributed by atoms with van der Waals surface area (Å²) in [4.78, 5) is 34.9. The molecule has 1 saturated heterocycles. The third kappa shape index (κ3) is 2.76. The number of amides is 2. The van der Waals surface area contributed by atoms with Gasteiger partial charge in [0, 0.05) is 11.9 Å². The van der Waals surface area contributed by atoms with Gasteiger partial charge in [0.1, 0.15) is 0 Å². The second-order valence-electron chi connectivity index (χ2n) is 7.63. The van der Waals surface area contributed by atoms with Crippen LogP contribution in [0.25, 0.3) is 0 Å². The standard InChI is InChI=1S/C20H18N4O4S/c1-11-8-9-21-20(22-11)23-29(27,28)15-6-4-14(5-7-15)24-18(25)16-12-2-3-13(10-12)17(16)19(24)26/h2-9,12-13,16-17H,10H2,1H3,(H,21,22,23)/t12-,13+,16+,17-. The second-order valence-corrected chi connectivity index (χ2v) is 9.32. The number of nitrogens with one attached hydrogen (secondary N) is 1. The largest absolute Gasteiger partial charge is 0.274 e. The number of carbonyl (C=O) groups excluding carboxylic acids is 2. The number of carbonyl (C=O) groups is 2. The number of benzene rings is 1. The van der Waals surface area contributed by atoms with Gasteiger partial charge in [0.05, 0.1) is 22.4 Å². The van der Waals surface area contributed by atoms with Crippen LogP contribution in [-0.4, -0.2) is 30.2 Å². The Balaban J connectivity index is 1.39. The number of rotatable bonds is 4. The van der Waals surface area contributed by atoms with E-state index >= 15 is 0 Å². The second kappa shape index (κ2) is 6.21. The van der Waals surface area contributed by atoms with Crippen LogP contribution in [0, 0.1) is 30.6 Å². The molecule has 2 heterocycles. The lowest BCUT2D eigenvalue weighted by Crippen LogP contribution is -2.32. The lowest BCUT2D eigenvalue weighted by Gasteiger charge is -2.17. The van der Waals surface area contributed by atoms with E-state index in [1.165, 1.54) is 35.4 Å². The minimum atomic E-state index is -3.89. The summed E-state index contributed by atoms with van der Waals surface area (Å²) in [5.41, 5.74) is 1.02. The van der Waals surface area contributed by atoms with E-state index in [2.05, 4.69) is 14.7 Å². The van der Waals surface area contributed by atoms with Gasteiger partial charge in [-0.15, -0.1) is 0 Å². The first kappa shape index (κ1) is 18.0. The van der Waals surface area contributed by atoms with E-state index in [0.717, 1.165) is 6.42 Å². The van der Waals surface area contributed by atoms with Crippen LogP contribution in [0.2, 0.25) is 0 Å². The molecule has 0 unspecified atom stereocenters. The van der Waals surface area contributed by atoms with Gasteiger partial charge in [0.25, 0.3) is 10.0 Å². The fraction of sp³-hybridized carbons (Fsp3) is 0.300. The average Bonchev–Trinajstić information content (AvgIpc) is 3.35. The molecule has 9 heteroatoms. The third-order valence-electron chi connectivity index (χ3n) is 5.90. The highest BCUT2D eigenvalue weighted by Gasteiger charge is 2.59. The first-order chi connectivity index (χ1) is 13.8. The maximum absolute atomic E-state index is 12.9. The maximum atomic E-state index is 12.9. The molecule has 1 aromatic carbocycles. The Morgan fingerprint density at radius 1 is 1.00 bits per heavy atom. The fourth-order valence-corrected chi connectivity index (χ4v) is 5.56. The molecular weight excluding hydrogens is 392 g/mol. The van der Waals surface area contributed by atoms with Crippen molar-refractivity contribution in [2.75, 3.05) is 9.62 Å². The number of sulfonamides is 1.